The number of nitrogens with one attached hydrogen (secondary N) is 1. The third-order valence-electron chi connectivity index (χ3n) is 3.57. The fourth-order valence-electron chi connectivity index (χ4n) is 2.48. The molecule has 0 radical (unpaired) electrons. The van der Waals surface area contributed by atoms with Crippen LogP contribution in [-0.2, 0) is 11.3 Å². The van der Waals surface area contributed by atoms with Crippen LogP contribution in [0, 0.1) is 5.92 Å². The smallest absolute Gasteiger partial charge is 0.0668 e. The molecule has 20 heavy (non-hydrogen) atoms. The third kappa shape index (κ3) is 4.11. The zero-order chi connectivity index (χ0) is 14.5. The van der Waals surface area contributed by atoms with E-state index in [0.29, 0.717) is 12.0 Å². The Kier molecular flexibility index (Phi) is 5.70. The standard InChI is InChI=1S/C16H25ClN2O/c1-12(2)9-18-10-14-4-5-16(15(17)8-14)19-6-7-20-11-13(19)3/h4-5,8,12-13,18H,6-7,9-11H2,1-3H3. The number of anilines is 1. The van der Waals surface area contributed by atoms with E-state index in [4.69, 9.17) is 16.3 Å². The molecule has 1 aliphatic rings. The van der Waals surface area contributed by atoms with E-state index in [-0.39, 0.29) is 0 Å². The van der Waals surface area contributed by atoms with Crippen molar-refractivity contribution in [2.24, 2.45) is 5.92 Å². The van der Waals surface area contributed by atoms with Gasteiger partial charge in [-0.15, -0.1) is 0 Å². The molecular formula is C16H25ClN2O. The summed E-state index contributed by atoms with van der Waals surface area (Å²) in [5.41, 5.74) is 2.36. The molecule has 1 unspecified atom stereocenters. The first-order valence-corrected chi connectivity index (χ1v) is 7.79. The maximum absolute atomic E-state index is 6.46. The van der Waals surface area contributed by atoms with E-state index in [1.807, 2.05) is 0 Å². The highest BCUT2D eigenvalue weighted by Crippen LogP contribution is 2.29. The number of halogens is 1. The molecule has 4 heteroatoms. The van der Waals surface area contributed by atoms with Gasteiger partial charge >= 0.3 is 0 Å². The van der Waals surface area contributed by atoms with Crippen LogP contribution in [0.3, 0.4) is 0 Å². The summed E-state index contributed by atoms with van der Waals surface area (Å²) in [6.07, 6.45) is 0. The van der Waals surface area contributed by atoms with Crippen molar-refractivity contribution in [3.8, 4) is 0 Å². The maximum Gasteiger partial charge on any atom is 0.0668 e. The molecule has 1 atom stereocenters. The number of nitrogens with zero attached hydrogens (tertiary/aromatic N) is 1. The molecule has 1 N–H and O–H groups in total. The summed E-state index contributed by atoms with van der Waals surface area (Å²) in [6.45, 7) is 11.0. The van der Waals surface area contributed by atoms with Gasteiger partial charge in [0.2, 0.25) is 0 Å². The van der Waals surface area contributed by atoms with Gasteiger partial charge in [0.05, 0.1) is 23.9 Å². The van der Waals surface area contributed by atoms with Crippen molar-refractivity contribution in [2.75, 3.05) is 31.2 Å². The van der Waals surface area contributed by atoms with Crippen molar-refractivity contribution in [3.63, 3.8) is 0 Å². The normalized spacial score (nSPS) is 19.6. The predicted octanol–water partition coefficient (Wildman–Crippen LogP) is 3.31. The Hall–Kier alpha value is -0.770. The molecule has 0 bridgehead atoms. The highest BCUT2D eigenvalue weighted by molar-refractivity contribution is 6.33. The first kappa shape index (κ1) is 15.6. The molecule has 2 rings (SSSR count). The second-order valence-electron chi connectivity index (χ2n) is 5.93. The minimum Gasteiger partial charge on any atom is -0.377 e. The van der Waals surface area contributed by atoms with E-state index in [1.54, 1.807) is 0 Å². The van der Waals surface area contributed by atoms with Crippen molar-refractivity contribution in [2.45, 2.75) is 33.4 Å². The molecule has 0 saturated carbocycles. The van der Waals surface area contributed by atoms with Crippen LogP contribution in [0.15, 0.2) is 18.2 Å². The lowest BCUT2D eigenvalue weighted by molar-refractivity contribution is 0.0989. The van der Waals surface area contributed by atoms with Gasteiger partial charge in [-0.05, 0) is 37.1 Å². The number of hydrogen-bond donors (Lipinski definition) is 1. The number of rotatable bonds is 5. The Labute approximate surface area is 127 Å². The molecular weight excluding hydrogens is 272 g/mol. The average molecular weight is 297 g/mol. The Morgan fingerprint density at radius 1 is 1.45 bits per heavy atom. The van der Waals surface area contributed by atoms with Gasteiger partial charge in [0.25, 0.3) is 0 Å². The fourth-order valence-corrected chi connectivity index (χ4v) is 2.80. The molecule has 0 aliphatic carbocycles. The lowest BCUT2D eigenvalue weighted by atomic mass is 10.1. The summed E-state index contributed by atoms with van der Waals surface area (Å²) < 4.78 is 5.48. The molecule has 1 heterocycles. The second kappa shape index (κ2) is 7.30. The number of benzene rings is 1. The molecule has 0 aromatic heterocycles. The zero-order valence-electron chi connectivity index (χ0n) is 12.7. The third-order valence-corrected chi connectivity index (χ3v) is 3.87. The minimum absolute atomic E-state index is 0.381. The molecule has 1 saturated heterocycles. The predicted molar refractivity (Wildman–Crippen MR) is 85.6 cm³/mol. The van der Waals surface area contributed by atoms with Gasteiger partial charge in [-0.1, -0.05) is 31.5 Å². The van der Waals surface area contributed by atoms with Gasteiger partial charge in [-0.3, -0.25) is 0 Å². The van der Waals surface area contributed by atoms with Crippen LogP contribution in [0.1, 0.15) is 26.3 Å². The van der Waals surface area contributed by atoms with Gasteiger partial charge in [0, 0.05) is 19.1 Å². The van der Waals surface area contributed by atoms with E-state index in [0.717, 1.165) is 43.6 Å². The molecule has 0 amide bonds. The van der Waals surface area contributed by atoms with Crippen LogP contribution in [0.25, 0.3) is 0 Å². The Balaban J connectivity index is 2.01. The summed E-state index contributed by atoms with van der Waals surface area (Å²) in [5, 5.41) is 4.28. The lowest BCUT2D eigenvalue weighted by Crippen LogP contribution is -2.43. The van der Waals surface area contributed by atoms with E-state index < -0.39 is 0 Å². The van der Waals surface area contributed by atoms with Crippen molar-refractivity contribution in [1.82, 2.24) is 5.32 Å². The van der Waals surface area contributed by atoms with Crippen LogP contribution in [0.2, 0.25) is 5.02 Å². The number of ether oxygens (including phenoxy) is 1. The average Bonchev–Trinajstić information content (AvgIpc) is 2.40. The second-order valence-corrected chi connectivity index (χ2v) is 6.34. The van der Waals surface area contributed by atoms with Gasteiger partial charge in [-0.25, -0.2) is 0 Å². The minimum atomic E-state index is 0.381. The zero-order valence-corrected chi connectivity index (χ0v) is 13.4. The quantitative estimate of drug-likeness (QED) is 0.902. The van der Waals surface area contributed by atoms with Gasteiger partial charge in [0.1, 0.15) is 0 Å². The summed E-state index contributed by atoms with van der Waals surface area (Å²) in [7, 11) is 0. The largest absolute Gasteiger partial charge is 0.377 e. The van der Waals surface area contributed by atoms with Gasteiger partial charge < -0.3 is 15.0 Å². The molecule has 1 aromatic rings. The van der Waals surface area contributed by atoms with Crippen molar-refractivity contribution in [3.05, 3.63) is 28.8 Å². The Bertz CT molecular complexity index is 436. The van der Waals surface area contributed by atoms with E-state index in [2.05, 4.69) is 49.2 Å². The van der Waals surface area contributed by atoms with Crippen molar-refractivity contribution < 1.29 is 4.74 Å². The molecule has 3 nitrogen and oxygen atoms in total. The van der Waals surface area contributed by atoms with Crippen LogP contribution in [0.5, 0.6) is 0 Å². The van der Waals surface area contributed by atoms with Crippen LogP contribution in [-0.4, -0.2) is 32.3 Å². The fraction of sp³-hybridized carbons (Fsp3) is 0.625. The van der Waals surface area contributed by atoms with E-state index in [9.17, 15) is 0 Å². The summed E-state index contributed by atoms with van der Waals surface area (Å²) in [4.78, 5) is 2.33. The van der Waals surface area contributed by atoms with E-state index in [1.165, 1.54) is 5.56 Å². The molecule has 1 aromatic carbocycles. The molecule has 1 fully saturated rings. The van der Waals surface area contributed by atoms with Crippen LogP contribution < -0.4 is 10.2 Å². The first-order valence-electron chi connectivity index (χ1n) is 7.41. The van der Waals surface area contributed by atoms with Gasteiger partial charge in [0.15, 0.2) is 0 Å². The summed E-state index contributed by atoms with van der Waals surface area (Å²) in [6, 6.07) is 6.76. The highest BCUT2D eigenvalue weighted by Gasteiger charge is 2.21. The van der Waals surface area contributed by atoms with E-state index >= 15 is 0 Å². The van der Waals surface area contributed by atoms with Gasteiger partial charge in [-0.2, -0.15) is 0 Å². The molecule has 0 spiro atoms. The monoisotopic (exact) mass is 296 g/mol. The van der Waals surface area contributed by atoms with Crippen molar-refractivity contribution in [1.29, 1.82) is 0 Å². The Morgan fingerprint density at radius 2 is 2.25 bits per heavy atom. The first-order chi connectivity index (χ1) is 9.58. The number of morpholine rings is 1. The Morgan fingerprint density at radius 3 is 2.90 bits per heavy atom. The highest BCUT2D eigenvalue weighted by atomic mass is 35.5. The number of hydrogen-bond acceptors (Lipinski definition) is 3. The molecule has 1 aliphatic heterocycles. The lowest BCUT2D eigenvalue weighted by Gasteiger charge is -2.35. The maximum atomic E-state index is 6.46. The van der Waals surface area contributed by atoms with Crippen LogP contribution >= 0.6 is 11.6 Å². The topological polar surface area (TPSA) is 24.5 Å². The SMILES string of the molecule is CC(C)CNCc1ccc(N2CCOCC2C)c(Cl)c1. The van der Waals surface area contributed by atoms with Crippen molar-refractivity contribution >= 4 is 17.3 Å². The summed E-state index contributed by atoms with van der Waals surface area (Å²) in [5.74, 6) is 0.666. The summed E-state index contributed by atoms with van der Waals surface area (Å²) >= 11 is 6.46. The molecule has 112 valence electrons. The van der Waals surface area contributed by atoms with Crippen LogP contribution in [0.4, 0.5) is 5.69 Å².